The van der Waals surface area contributed by atoms with E-state index in [1.165, 1.54) is 0 Å². The first-order valence-electron chi connectivity index (χ1n) is 4.46. The molecule has 0 aliphatic heterocycles. The summed E-state index contributed by atoms with van der Waals surface area (Å²) in [4.78, 5) is 11.5. The number of nitrogens with one attached hydrogen (secondary N) is 1. The zero-order chi connectivity index (χ0) is 10.6. The van der Waals surface area contributed by atoms with E-state index in [2.05, 4.69) is 5.32 Å². The molecule has 2 N–H and O–H groups in total. The maximum Gasteiger partial charge on any atom is 0.224 e. The first-order chi connectivity index (χ1) is 6.53. The number of carbonyl (C=O) groups is 1. The lowest BCUT2D eigenvalue weighted by Crippen LogP contribution is -2.46. The van der Waals surface area contributed by atoms with Crippen molar-refractivity contribution in [3.05, 3.63) is 22.4 Å². The van der Waals surface area contributed by atoms with Gasteiger partial charge < -0.3 is 10.4 Å². The molecule has 0 unspecified atom stereocenters. The van der Waals surface area contributed by atoms with Crippen molar-refractivity contribution in [1.82, 2.24) is 5.32 Å². The smallest absolute Gasteiger partial charge is 0.224 e. The van der Waals surface area contributed by atoms with Crippen LogP contribution < -0.4 is 5.32 Å². The maximum atomic E-state index is 11.5. The van der Waals surface area contributed by atoms with Gasteiger partial charge in [-0.1, -0.05) is 0 Å². The molecule has 1 aromatic heterocycles. The van der Waals surface area contributed by atoms with Crippen LogP contribution in [0.1, 0.15) is 19.4 Å². The number of carbonyl (C=O) groups excluding carboxylic acids is 1. The molecule has 0 aromatic carbocycles. The molecule has 0 bridgehead atoms. The Hall–Kier alpha value is -0.870. The summed E-state index contributed by atoms with van der Waals surface area (Å²) in [6.07, 6.45) is 0.382. The highest BCUT2D eigenvalue weighted by Gasteiger charge is 2.18. The fourth-order valence-electron chi connectivity index (χ4n) is 1.04. The second kappa shape index (κ2) is 4.57. The molecular weight excluding hydrogens is 198 g/mol. The minimum absolute atomic E-state index is 0.0532. The van der Waals surface area contributed by atoms with Gasteiger partial charge in [-0.15, -0.1) is 0 Å². The molecule has 0 radical (unpaired) electrons. The Morgan fingerprint density at radius 1 is 1.64 bits per heavy atom. The fraction of sp³-hybridized carbons (Fsp3) is 0.500. The lowest BCUT2D eigenvalue weighted by Gasteiger charge is -2.23. The van der Waals surface area contributed by atoms with Crippen LogP contribution in [0.15, 0.2) is 16.8 Å². The first kappa shape index (κ1) is 11.2. The van der Waals surface area contributed by atoms with Crippen LogP contribution in [-0.2, 0) is 11.2 Å². The Labute approximate surface area is 87.8 Å². The van der Waals surface area contributed by atoms with Gasteiger partial charge in [0.2, 0.25) is 5.91 Å². The summed E-state index contributed by atoms with van der Waals surface area (Å²) in [5.41, 5.74) is 0.480. The molecule has 0 spiro atoms. The van der Waals surface area contributed by atoms with Gasteiger partial charge in [-0.25, -0.2) is 0 Å². The summed E-state index contributed by atoms with van der Waals surface area (Å²) in [6, 6.07) is 1.93. The highest BCUT2D eigenvalue weighted by molar-refractivity contribution is 7.07. The second-order valence-corrected chi connectivity index (χ2v) is 4.68. The zero-order valence-electron chi connectivity index (χ0n) is 8.41. The van der Waals surface area contributed by atoms with Crippen molar-refractivity contribution in [1.29, 1.82) is 0 Å². The van der Waals surface area contributed by atoms with Crippen LogP contribution in [0, 0.1) is 0 Å². The lowest BCUT2D eigenvalue weighted by atomic mass is 10.1. The average molecular weight is 213 g/mol. The van der Waals surface area contributed by atoms with Gasteiger partial charge in [-0.3, -0.25) is 4.79 Å². The number of hydrogen-bond donors (Lipinski definition) is 2. The molecule has 4 heteroatoms. The van der Waals surface area contributed by atoms with Crippen LogP contribution in [0.5, 0.6) is 0 Å². The highest BCUT2D eigenvalue weighted by atomic mass is 32.1. The Kier molecular flexibility index (Phi) is 3.66. The van der Waals surface area contributed by atoms with Crippen molar-refractivity contribution in [3.63, 3.8) is 0 Å². The predicted molar refractivity (Wildman–Crippen MR) is 57.3 cm³/mol. The van der Waals surface area contributed by atoms with Crippen molar-refractivity contribution in [2.75, 3.05) is 6.61 Å². The predicted octanol–water partition coefficient (Wildman–Crippen LogP) is 1.18. The van der Waals surface area contributed by atoms with Crippen molar-refractivity contribution >= 4 is 17.2 Å². The molecule has 0 saturated carbocycles. The molecular formula is C10H15NO2S. The molecule has 1 rings (SSSR count). The Balaban J connectivity index is 2.44. The van der Waals surface area contributed by atoms with Gasteiger partial charge in [0.25, 0.3) is 0 Å². The van der Waals surface area contributed by atoms with Gasteiger partial charge in [0.05, 0.1) is 18.6 Å². The Morgan fingerprint density at radius 3 is 2.86 bits per heavy atom. The number of aliphatic hydroxyl groups is 1. The first-order valence-corrected chi connectivity index (χ1v) is 5.41. The largest absolute Gasteiger partial charge is 0.394 e. The average Bonchev–Trinajstić information content (AvgIpc) is 2.55. The summed E-state index contributed by atoms with van der Waals surface area (Å²) in [6.45, 7) is 3.53. The van der Waals surface area contributed by atoms with Gasteiger partial charge in [0.1, 0.15) is 0 Å². The summed E-state index contributed by atoms with van der Waals surface area (Å²) in [5, 5.41) is 15.6. The van der Waals surface area contributed by atoms with E-state index in [0.717, 1.165) is 5.56 Å². The van der Waals surface area contributed by atoms with Gasteiger partial charge in [-0.05, 0) is 36.2 Å². The van der Waals surface area contributed by atoms with E-state index in [-0.39, 0.29) is 12.5 Å². The number of hydrogen-bond acceptors (Lipinski definition) is 3. The van der Waals surface area contributed by atoms with Gasteiger partial charge in [-0.2, -0.15) is 11.3 Å². The van der Waals surface area contributed by atoms with Gasteiger partial charge in [0, 0.05) is 0 Å². The van der Waals surface area contributed by atoms with Crippen LogP contribution in [0.2, 0.25) is 0 Å². The van der Waals surface area contributed by atoms with E-state index in [0.29, 0.717) is 6.42 Å². The van der Waals surface area contributed by atoms with E-state index in [1.807, 2.05) is 16.8 Å². The van der Waals surface area contributed by atoms with Crippen LogP contribution in [-0.4, -0.2) is 23.2 Å². The van der Waals surface area contributed by atoms with Gasteiger partial charge in [0.15, 0.2) is 0 Å². The molecule has 0 atom stereocenters. The number of rotatable bonds is 4. The lowest BCUT2D eigenvalue weighted by molar-refractivity contribution is -0.122. The summed E-state index contributed by atoms with van der Waals surface area (Å²) < 4.78 is 0. The highest BCUT2D eigenvalue weighted by Crippen LogP contribution is 2.07. The molecule has 0 fully saturated rings. The molecule has 3 nitrogen and oxygen atoms in total. The van der Waals surface area contributed by atoms with E-state index in [4.69, 9.17) is 5.11 Å². The third-order valence-corrected chi connectivity index (χ3v) is 2.55. The van der Waals surface area contributed by atoms with Crippen molar-refractivity contribution < 1.29 is 9.90 Å². The molecule has 0 saturated heterocycles. The quantitative estimate of drug-likeness (QED) is 0.789. The number of thiophene rings is 1. The Morgan fingerprint density at radius 2 is 2.36 bits per heavy atom. The van der Waals surface area contributed by atoms with Crippen LogP contribution in [0.4, 0.5) is 0 Å². The SMILES string of the molecule is CC(C)(CO)NC(=O)Cc1ccsc1. The molecule has 0 aliphatic carbocycles. The van der Waals surface area contributed by atoms with Crippen LogP contribution in [0.25, 0.3) is 0 Å². The topological polar surface area (TPSA) is 49.3 Å². The maximum absolute atomic E-state index is 11.5. The van der Waals surface area contributed by atoms with Crippen molar-refractivity contribution in [2.45, 2.75) is 25.8 Å². The standard InChI is InChI=1S/C10H15NO2S/c1-10(2,7-12)11-9(13)5-8-3-4-14-6-8/h3-4,6,12H,5,7H2,1-2H3,(H,11,13). The third kappa shape index (κ3) is 3.47. The molecule has 78 valence electrons. The molecule has 1 aromatic rings. The third-order valence-electron chi connectivity index (χ3n) is 1.82. The van der Waals surface area contributed by atoms with E-state index in [1.54, 1.807) is 25.2 Å². The summed E-state index contributed by atoms with van der Waals surface area (Å²) in [7, 11) is 0. The van der Waals surface area contributed by atoms with E-state index >= 15 is 0 Å². The van der Waals surface area contributed by atoms with E-state index < -0.39 is 5.54 Å². The minimum atomic E-state index is -0.535. The molecule has 14 heavy (non-hydrogen) atoms. The number of aliphatic hydroxyl groups excluding tert-OH is 1. The molecule has 0 aliphatic rings. The van der Waals surface area contributed by atoms with Crippen LogP contribution >= 0.6 is 11.3 Å². The zero-order valence-corrected chi connectivity index (χ0v) is 9.23. The second-order valence-electron chi connectivity index (χ2n) is 3.90. The molecule has 1 heterocycles. The van der Waals surface area contributed by atoms with Gasteiger partial charge >= 0.3 is 0 Å². The Bertz CT molecular complexity index is 293. The normalized spacial score (nSPS) is 11.4. The summed E-state index contributed by atoms with van der Waals surface area (Å²) in [5.74, 6) is -0.0533. The van der Waals surface area contributed by atoms with Crippen LogP contribution in [0.3, 0.4) is 0 Å². The van der Waals surface area contributed by atoms with Crippen molar-refractivity contribution in [3.8, 4) is 0 Å². The van der Waals surface area contributed by atoms with E-state index in [9.17, 15) is 4.79 Å². The molecule has 1 amide bonds. The minimum Gasteiger partial charge on any atom is -0.394 e. The summed E-state index contributed by atoms with van der Waals surface area (Å²) >= 11 is 1.58. The fourth-order valence-corrected chi connectivity index (χ4v) is 1.71. The number of amides is 1. The monoisotopic (exact) mass is 213 g/mol. The van der Waals surface area contributed by atoms with Crippen molar-refractivity contribution in [2.24, 2.45) is 0 Å².